The molecular weight excluding hydrogens is 414 g/mol. The van der Waals surface area contributed by atoms with Gasteiger partial charge in [-0.15, -0.1) is 0 Å². The van der Waals surface area contributed by atoms with Crippen LogP contribution in [0.4, 0.5) is 0 Å². The van der Waals surface area contributed by atoms with Crippen LogP contribution in [0.2, 0.25) is 0 Å². The molecule has 1 saturated heterocycles. The van der Waals surface area contributed by atoms with Gasteiger partial charge in [0.05, 0.1) is 12.9 Å². The largest absolute Gasteiger partial charge is 0.493 e. The Hall–Kier alpha value is -1.64. The number of sulfonamides is 1. The summed E-state index contributed by atoms with van der Waals surface area (Å²) in [4.78, 5) is 16.8. The number of fused-ring (bicyclic) bond motifs is 1. The van der Waals surface area contributed by atoms with E-state index in [0.29, 0.717) is 12.0 Å². The highest BCUT2D eigenvalue weighted by molar-refractivity contribution is 7.88. The van der Waals surface area contributed by atoms with Gasteiger partial charge in [0, 0.05) is 45.1 Å². The molecule has 1 amide bonds. The number of benzene rings is 1. The van der Waals surface area contributed by atoms with Gasteiger partial charge in [-0.3, -0.25) is 4.79 Å². The molecule has 0 aliphatic carbocycles. The molecular formula is C23H37N3O4S. The van der Waals surface area contributed by atoms with Crippen molar-refractivity contribution >= 4 is 15.9 Å². The van der Waals surface area contributed by atoms with Crippen LogP contribution in [0.1, 0.15) is 44.2 Å². The predicted molar refractivity (Wildman–Crippen MR) is 123 cm³/mol. The number of hydrogen-bond acceptors (Lipinski definition) is 5. The fourth-order valence-corrected chi connectivity index (χ4v) is 5.13. The topological polar surface area (TPSA) is 79.0 Å². The van der Waals surface area contributed by atoms with E-state index in [1.807, 2.05) is 4.90 Å². The van der Waals surface area contributed by atoms with Gasteiger partial charge in [-0.05, 0) is 55.8 Å². The normalized spacial score (nSPS) is 18.1. The van der Waals surface area contributed by atoms with Crippen LogP contribution in [-0.4, -0.2) is 75.8 Å². The molecule has 7 nitrogen and oxygen atoms in total. The Morgan fingerprint density at radius 1 is 1.32 bits per heavy atom. The number of nitrogens with zero attached hydrogens (tertiary/aromatic N) is 2. The van der Waals surface area contributed by atoms with E-state index >= 15 is 0 Å². The maximum absolute atomic E-state index is 12.3. The van der Waals surface area contributed by atoms with Crippen molar-refractivity contribution in [1.82, 2.24) is 14.5 Å². The monoisotopic (exact) mass is 451 g/mol. The van der Waals surface area contributed by atoms with E-state index in [0.717, 1.165) is 70.5 Å². The number of likely N-dealkylation sites (N-methyl/N-ethyl adjacent to an activating group) is 1. The second kappa shape index (κ2) is 10.8. The molecule has 31 heavy (non-hydrogen) atoms. The van der Waals surface area contributed by atoms with E-state index in [4.69, 9.17) is 4.74 Å². The summed E-state index contributed by atoms with van der Waals surface area (Å²) in [5.41, 5.74) is 2.70. The maximum Gasteiger partial charge on any atom is 0.223 e. The standard InChI is InChI=1S/C23H37N3O4S/c1-4-25(18(2)15-20-5-6-22-21(16-20)10-14-30-22)17-19-8-12-26(13-9-19)23(27)7-11-24-31(3,28)29/h5-6,16,18-19,24H,4,7-15,17H2,1-3H3/t18-/m0/s1. The Kier molecular flexibility index (Phi) is 8.36. The molecule has 8 heteroatoms. The first-order valence-electron chi connectivity index (χ1n) is 11.5. The van der Waals surface area contributed by atoms with Gasteiger partial charge in [-0.25, -0.2) is 13.1 Å². The van der Waals surface area contributed by atoms with Crippen LogP contribution in [0.25, 0.3) is 0 Å². The van der Waals surface area contributed by atoms with Crippen LogP contribution in [0, 0.1) is 5.92 Å². The van der Waals surface area contributed by atoms with Crippen molar-refractivity contribution in [2.45, 2.75) is 52.0 Å². The summed E-state index contributed by atoms with van der Waals surface area (Å²) in [6, 6.07) is 7.07. The third-order valence-electron chi connectivity index (χ3n) is 6.48. The van der Waals surface area contributed by atoms with Gasteiger partial charge in [0.2, 0.25) is 15.9 Å². The summed E-state index contributed by atoms with van der Waals surface area (Å²) in [6.07, 6.45) is 5.39. The summed E-state index contributed by atoms with van der Waals surface area (Å²) >= 11 is 0. The molecule has 0 bridgehead atoms. The Morgan fingerprint density at radius 3 is 2.74 bits per heavy atom. The molecule has 0 saturated carbocycles. The molecule has 2 aliphatic heterocycles. The average molecular weight is 452 g/mol. The smallest absolute Gasteiger partial charge is 0.223 e. The van der Waals surface area contributed by atoms with Crippen molar-refractivity contribution in [3.63, 3.8) is 0 Å². The number of rotatable bonds is 10. The SMILES string of the molecule is CCN(CC1CCN(C(=O)CCNS(C)(=O)=O)CC1)[C@@H](C)Cc1ccc2c(c1)CCO2. The molecule has 0 spiro atoms. The van der Waals surface area contributed by atoms with Gasteiger partial charge in [-0.2, -0.15) is 0 Å². The second-order valence-electron chi connectivity index (χ2n) is 8.92. The van der Waals surface area contributed by atoms with Crippen molar-refractivity contribution in [2.75, 3.05) is 45.6 Å². The number of nitrogens with one attached hydrogen (secondary N) is 1. The number of likely N-dealkylation sites (tertiary alicyclic amines) is 1. The van der Waals surface area contributed by atoms with Crippen LogP contribution in [0.15, 0.2) is 18.2 Å². The van der Waals surface area contributed by atoms with E-state index in [1.54, 1.807) is 0 Å². The fourth-order valence-electron chi connectivity index (χ4n) is 4.66. The quantitative estimate of drug-likeness (QED) is 0.589. The molecule has 3 rings (SSSR count). The van der Waals surface area contributed by atoms with Gasteiger partial charge in [0.15, 0.2) is 0 Å². The number of amides is 1. The van der Waals surface area contributed by atoms with E-state index in [1.165, 1.54) is 11.1 Å². The van der Waals surface area contributed by atoms with Gasteiger partial charge in [-0.1, -0.05) is 19.1 Å². The molecule has 174 valence electrons. The highest BCUT2D eigenvalue weighted by Gasteiger charge is 2.25. The minimum atomic E-state index is -3.24. The lowest BCUT2D eigenvalue weighted by Crippen LogP contribution is -2.44. The van der Waals surface area contributed by atoms with E-state index < -0.39 is 10.0 Å². The molecule has 1 aromatic rings. The fraction of sp³-hybridized carbons (Fsp3) is 0.696. The summed E-state index contributed by atoms with van der Waals surface area (Å²) < 4.78 is 30.3. The van der Waals surface area contributed by atoms with Crippen LogP contribution in [0.5, 0.6) is 5.75 Å². The Labute approximate surface area is 187 Å². The van der Waals surface area contributed by atoms with Gasteiger partial charge < -0.3 is 14.5 Å². The highest BCUT2D eigenvalue weighted by Crippen LogP contribution is 2.27. The number of ether oxygens (including phenoxy) is 1. The maximum atomic E-state index is 12.3. The Balaban J connectivity index is 1.43. The lowest BCUT2D eigenvalue weighted by atomic mass is 9.94. The average Bonchev–Trinajstić information content (AvgIpc) is 3.19. The molecule has 1 atom stereocenters. The summed E-state index contributed by atoms with van der Waals surface area (Å²) in [5, 5.41) is 0. The predicted octanol–water partition coefficient (Wildman–Crippen LogP) is 2.05. The lowest BCUT2D eigenvalue weighted by molar-refractivity contribution is -0.132. The Bertz CT molecular complexity index is 850. The van der Waals surface area contributed by atoms with Gasteiger partial charge in [0.25, 0.3) is 0 Å². The van der Waals surface area contributed by atoms with Crippen molar-refractivity contribution in [2.24, 2.45) is 5.92 Å². The van der Waals surface area contributed by atoms with Crippen LogP contribution in [-0.2, 0) is 27.7 Å². The number of piperidine rings is 1. The number of hydrogen-bond donors (Lipinski definition) is 1. The van der Waals surface area contributed by atoms with Crippen molar-refractivity contribution < 1.29 is 17.9 Å². The van der Waals surface area contributed by atoms with E-state index in [2.05, 4.69) is 41.7 Å². The molecule has 1 aromatic carbocycles. The zero-order valence-corrected chi connectivity index (χ0v) is 19.9. The molecule has 2 aliphatic rings. The third-order valence-corrected chi connectivity index (χ3v) is 7.21. The number of carbonyl (C=O) groups excluding carboxylic acids is 1. The molecule has 0 aromatic heterocycles. The molecule has 2 heterocycles. The molecule has 0 radical (unpaired) electrons. The van der Waals surface area contributed by atoms with Gasteiger partial charge >= 0.3 is 0 Å². The summed E-state index contributed by atoms with van der Waals surface area (Å²) in [5.74, 6) is 1.67. The zero-order valence-electron chi connectivity index (χ0n) is 19.1. The van der Waals surface area contributed by atoms with Crippen molar-refractivity contribution in [3.05, 3.63) is 29.3 Å². The lowest BCUT2D eigenvalue weighted by Gasteiger charge is -2.37. The summed E-state index contributed by atoms with van der Waals surface area (Å²) in [6.45, 7) is 9.10. The van der Waals surface area contributed by atoms with Gasteiger partial charge in [0.1, 0.15) is 5.75 Å². The van der Waals surface area contributed by atoms with E-state index in [-0.39, 0.29) is 18.9 Å². The minimum absolute atomic E-state index is 0.0379. The Morgan fingerprint density at radius 2 is 2.06 bits per heavy atom. The van der Waals surface area contributed by atoms with Crippen molar-refractivity contribution in [1.29, 1.82) is 0 Å². The first kappa shape index (κ1) is 24.0. The molecule has 1 fully saturated rings. The highest BCUT2D eigenvalue weighted by atomic mass is 32.2. The van der Waals surface area contributed by atoms with Crippen LogP contribution < -0.4 is 9.46 Å². The number of carbonyl (C=O) groups is 1. The second-order valence-corrected chi connectivity index (χ2v) is 10.8. The van der Waals surface area contributed by atoms with Crippen molar-refractivity contribution in [3.8, 4) is 5.75 Å². The van der Waals surface area contributed by atoms with E-state index in [9.17, 15) is 13.2 Å². The van der Waals surface area contributed by atoms with Crippen LogP contribution >= 0.6 is 0 Å². The zero-order chi connectivity index (χ0) is 22.4. The minimum Gasteiger partial charge on any atom is -0.493 e. The molecule has 1 N–H and O–H groups in total. The first-order valence-corrected chi connectivity index (χ1v) is 13.4. The van der Waals surface area contributed by atoms with Crippen LogP contribution in [0.3, 0.4) is 0 Å². The third kappa shape index (κ3) is 7.19. The molecule has 0 unspecified atom stereocenters. The summed E-state index contributed by atoms with van der Waals surface area (Å²) in [7, 11) is -3.24. The first-order chi connectivity index (χ1) is 14.7.